The van der Waals surface area contributed by atoms with Gasteiger partial charge in [-0.1, -0.05) is 18.6 Å². The van der Waals surface area contributed by atoms with Crippen molar-refractivity contribution in [2.45, 2.75) is 31.8 Å². The zero-order valence-corrected chi connectivity index (χ0v) is 11.4. The lowest BCUT2D eigenvalue weighted by Gasteiger charge is -2.27. The van der Waals surface area contributed by atoms with Gasteiger partial charge in [0.25, 0.3) is 0 Å². The number of nitrogens with one attached hydrogen (secondary N) is 1. The van der Waals surface area contributed by atoms with Gasteiger partial charge >= 0.3 is 0 Å². The van der Waals surface area contributed by atoms with Crippen LogP contribution in [0.5, 0.6) is 0 Å². The molecule has 0 bridgehead atoms. The first kappa shape index (κ1) is 12.6. The minimum atomic E-state index is 0.614. The van der Waals surface area contributed by atoms with Crippen LogP contribution in [-0.2, 0) is 6.54 Å². The lowest BCUT2D eigenvalue weighted by molar-refractivity contribution is 0.239. The molecule has 4 heteroatoms. The highest BCUT2D eigenvalue weighted by atomic mass is 16.3. The fourth-order valence-electron chi connectivity index (χ4n) is 2.74. The molecule has 0 spiro atoms. The summed E-state index contributed by atoms with van der Waals surface area (Å²) in [5.74, 6) is 0.805. The van der Waals surface area contributed by atoms with Gasteiger partial charge in [-0.05, 0) is 38.6 Å². The van der Waals surface area contributed by atoms with Crippen LogP contribution >= 0.6 is 0 Å². The van der Waals surface area contributed by atoms with Crippen LogP contribution in [0.25, 0.3) is 11.1 Å². The van der Waals surface area contributed by atoms with Gasteiger partial charge in [-0.25, -0.2) is 4.98 Å². The summed E-state index contributed by atoms with van der Waals surface area (Å²) >= 11 is 0. The molecule has 19 heavy (non-hydrogen) atoms. The molecule has 1 aliphatic rings. The lowest BCUT2D eigenvalue weighted by atomic mass is 10.0. The van der Waals surface area contributed by atoms with E-state index in [1.807, 2.05) is 24.3 Å². The van der Waals surface area contributed by atoms with Gasteiger partial charge in [0.15, 0.2) is 5.58 Å². The second-order valence-electron chi connectivity index (χ2n) is 5.42. The number of hydrogen-bond acceptors (Lipinski definition) is 4. The quantitative estimate of drug-likeness (QED) is 0.915. The predicted octanol–water partition coefficient (Wildman–Crippen LogP) is 2.40. The van der Waals surface area contributed by atoms with E-state index in [4.69, 9.17) is 4.42 Å². The van der Waals surface area contributed by atoms with Crippen molar-refractivity contribution in [2.75, 3.05) is 20.1 Å². The first-order chi connectivity index (χ1) is 9.31. The summed E-state index contributed by atoms with van der Waals surface area (Å²) in [5, 5.41) is 3.57. The highest BCUT2D eigenvalue weighted by Gasteiger charge is 2.16. The third-order valence-electron chi connectivity index (χ3n) is 3.69. The van der Waals surface area contributed by atoms with E-state index in [2.05, 4.69) is 22.2 Å². The van der Waals surface area contributed by atoms with Crippen LogP contribution in [0, 0.1) is 0 Å². The minimum absolute atomic E-state index is 0.614. The van der Waals surface area contributed by atoms with Crippen molar-refractivity contribution in [1.29, 1.82) is 0 Å². The molecular formula is C15H21N3O. The smallest absolute Gasteiger partial charge is 0.209 e. The van der Waals surface area contributed by atoms with Crippen molar-refractivity contribution in [3.63, 3.8) is 0 Å². The van der Waals surface area contributed by atoms with Gasteiger partial charge in [0.2, 0.25) is 5.89 Å². The summed E-state index contributed by atoms with van der Waals surface area (Å²) in [5.41, 5.74) is 1.82. The SMILES string of the molecule is CN(Cc1nc2ccccc2o1)CC1CCCCN1. The van der Waals surface area contributed by atoms with E-state index in [-0.39, 0.29) is 0 Å². The number of benzene rings is 1. The van der Waals surface area contributed by atoms with Crippen molar-refractivity contribution in [3.05, 3.63) is 30.2 Å². The molecule has 1 aromatic carbocycles. The maximum Gasteiger partial charge on any atom is 0.209 e. The molecule has 2 heterocycles. The molecule has 1 atom stereocenters. The van der Waals surface area contributed by atoms with E-state index >= 15 is 0 Å². The first-order valence-electron chi connectivity index (χ1n) is 7.07. The molecular weight excluding hydrogens is 238 g/mol. The summed E-state index contributed by atoms with van der Waals surface area (Å²) in [4.78, 5) is 6.80. The summed E-state index contributed by atoms with van der Waals surface area (Å²) in [6.45, 7) is 2.98. The molecule has 1 aromatic heterocycles. The number of para-hydroxylation sites is 2. The van der Waals surface area contributed by atoms with Crippen LogP contribution in [0.2, 0.25) is 0 Å². The van der Waals surface area contributed by atoms with Crippen LogP contribution in [0.15, 0.2) is 28.7 Å². The molecule has 3 rings (SSSR count). The zero-order valence-electron chi connectivity index (χ0n) is 11.4. The second kappa shape index (κ2) is 5.72. The van der Waals surface area contributed by atoms with E-state index < -0.39 is 0 Å². The second-order valence-corrected chi connectivity index (χ2v) is 5.42. The predicted molar refractivity (Wildman–Crippen MR) is 76.0 cm³/mol. The number of likely N-dealkylation sites (N-methyl/N-ethyl adjacent to an activating group) is 1. The maximum atomic E-state index is 5.75. The fraction of sp³-hybridized carbons (Fsp3) is 0.533. The summed E-state index contributed by atoms with van der Waals surface area (Å²) in [6, 6.07) is 8.54. The minimum Gasteiger partial charge on any atom is -0.439 e. The average molecular weight is 259 g/mol. The van der Waals surface area contributed by atoms with Crippen molar-refractivity contribution in [1.82, 2.24) is 15.2 Å². The van der Waals surface area contributed by atoms with Crippen molar-refractivity contribution < 1.29 is 4.42 Å². The Morgan fingerprint density at radius 2 is 2.26 bits per heavy atom. The van der Waals surface area contributed by atoms with E-state index in [1.54, 1.807) is 0 Å². The van der Waals surface area contributed by atoms with Gasteiger partial charge in [0, 0.05) is 12.6 Å². The molecule has 1 fully saturated rings. The molecule has 2 aromatic rings. The standard InChI is InChI=1S/C15H21N3O/c1-18(10-12-6-4-5-9-16-12)11-15-17-13-7-2-3-8-14(13)19-15/h2-3,7-8,12,16H,4-6,9-11H2,1H3. The maximum absolute atomic E-state index is 5.75. The van der Waals surface area contributed by atoms with Crippen molar-refractivity contribution >= 4 is 11.1 Å². The van der Waals surface area contributed by atoms with E-state index in [0.717, 1.165) is 36.6 Å². The molecule has 0 saturated carbocycles. The normalized spacial score (nSPS) is 20.2. The Morgan fingerprint density at radius 3 is 3.05 bits per heavy atom. The Labute approximate surface area is 113 Å². The summed E-state index contributed by atoms with van der Waals surface area (Å²) in [6.07, 6.45) is 3.93. The molecule has 0 radical (unpaired) electrons. The Morgan fingerprint density at radius 1 is 1.37 bits per heavy atom. The Bertz CT molecular complexity index is 498. The third kappa shape index (κ3) is 3.14. The topological polar surface area (TPSA) is 41.3 Å². The molecule has 4 nitrogen and oxygen atoms in total. The average Bonchev–Trinajstić information content (AvgIpc) is 2.81. The molecule has 1 saturated heterocycles. The highest BCUT2D eigenvalue weighted by Crippen LogP contribution is 2.16. The van der Waals surface area contributed by atoms with Crippen molar-refractivity contribution in [2.24, 2.45) is 0 Å². The number of hydrogen-bond donors (Lipinski definition) is 1. The van der Waals surface area contributed by atoms with Crippen LogP contribution in [0.4, 0.5) is 0 Å². The van der Waals surface area contributed by atoms with Gasteiger partial charge < -0.3 is 9.73 Å². The lowest BCUT2D eigenvalue weighted by Crippen LogP contribution is -2.42. The number of rotatable bonds is 4. The van der Waals surface area contributed by atoms with Gasteiger partial charge in [0.05, 0.1) is 6.54 Å². The molecule has 102 valence electrons. The monoisotopic (exact) mass is 259 g/mol. The molecule has 1 N–H and O–H groups in total. The number of fused-ring (bicyclic) bond motifs is 1. The zero-order chi connectivity index (χ0) is 13.1. The molecule has 0 amide bonds. The fourth-order valence-corrected chi connectivity index (χ4v) is 2.74. The van der Waals surface area contributed by atoms with Crippen LogP contribution in [0.3, 0.4) is 0 Å². The van der Waals surface area contributed by atoms with Gasteiger partial charge in [-0.3, -0.25) is 4.90 Å². The Hall–Kier alpha value is -1.39. The highest BCUT2D eigenvalue weighted by molar-refractivity contribution is 5.72. The summed E-state index contributed by atoms with van der Waals surface area (Å²) in [7, 11) is 2.13. The van der Waals surface area contributed by atoms with Gasteiger partial charge in [-0.2, -0.15) is 0 Å². The third-order valence-corrected chi connectivity index (χ3v) is 3.69. The number of aromatic nitrogens is 1. The van der Waals surface area contributed by atoms with Crippen LogP contribution < -0.4 is 5.32 Å². The van der Waals surface area contributed by atoms with Crippen LogP contribution in [0.1, 0.15) is 25.2 Å². The van der Waals surface area contributed by atoms with E-state index in [0.29, 0.717) is 6.04 Å². The van der Waals surface area contributed by atoms with Crippen LogP contribution in [-0.4, -0.2) is 36.1 Å². The number of piperidine rings is 1. The molecule has 1 unspecified atom stereocenters. The largest absolute Gasteiger partial charge is 0.439 e. The van der Waals surface area contributed by atoms with Crippen molar-refractivity contribution in [3.8, 4) is 0 Å². The molecule has 0 aliphatic carbocycles. The summed E-state index contributed by atoms with van der Waals surface area (Å²) < 4.78 is 5.75. The number of oxazole rings is 1. The first-order valence-corrected chi connectivity index (χ1v) is 7.07. The Kier molecular flexibility index (Phi) is 3.80. The van der Waals surface area contributed by atoms with Gasteiger partial charge in [-0.15, -0.1) is 0 Å². The van der Waals surface area contributed by atoms with Gasteiger partial charge in [0.1, 0.15) is 5.52 Å². The molecule has 1 aliphatic heterocycles. The van der Waals surface area contributed by atoms with E-state index in [1.165, 1.54) is 19.3 Å². The number of nitrogens with zero attached hydrogens (tertiary/aromatic N) is 2. The Balaban J connectivity index is 1.60. The van der Waals surface area contributed by atoms with E-state index in [9.17, 15) is 0 Å².